The highest BCUT2D eigenvalue weighted by Crippen LogP contribution is 2.22. The van der Waals surface area contributed by atoms with Gasteiger partial charge < -0.3 is 9.47 Å². The Morgan fingerprint density at radius 2 is 1.88 bits per heavy atom. The molecule has 6 heteroatoms. The van der Waals surface area contributed by atoms with E-state index in [1.165, 1.54) is 11.8 Å². The van der Waals surface area contributed by atoms with Crippen molar-refractivity contribution in [1.82, 2.24) is 9.55 Å². The van der Waals surface area contributed by atoms with E-state index in [9.17, 15) is 4.79 Å². The first-order valence-corrected chi connectivity index (χ1v) is 9.10. The number of benzene rings is 2. The van der Waals surface area contributed by atoms with Crippen molar-refractivity contribution in [1.29, 1.82) is 0 Å². The van der Waals surface area contributed by atoms with E-state index in [1.807, 2.05) is 49.4 Å². The molecule has 0 atom stereocenters. The molecule has 0 N–H and O–H groups in total. The van der Waals surface area contributed by atoms with Crippen LogP contribution in [0.3, 0.4) is 0 Å². The first-order chi connectivity index (χ1) is 12.2. The lowest BCUT2D eigenvalue weighted by Gasteiger charge is -2.13. The molecule has 5 nitrogen and oxygen atoms in total. The number of methoxy groups -OCH3 is 1. The molecule has 0 spiro atoms. The molecule has 3 rings (SSSR count). The van der Waals surface area contributed by atoms with Gasteiger partial charge in [0.05, 0.1) is 29.8 Å². The van der Waals surface area contributed by atoms with Gasteiger partial charge in [0.1, 0.15) is 5.75 Å². The fraction of sp³-hybridized carbons (Fsp3) is 0.263. The molecule has 0 aliphatic carbocycles. The minimum absolute atomic E-state index is 0.0744. The van der Waals surface area contributed by atoms with Crippen molar-refractivity contribution >= 4 is 22.7 Å². The van der Waals surface area contributed by atoms with Gasteiger partial charge in [-0.3, -0.25) is 9.36 Å². The van der Waals surface area contributed by atoms with Gasteiger partial charge in [0.2, 0.25) is 0 Å². The summed E-state index contributed by atoms with van der Waals surface area (Å²) in [6, 6.07) is 14.9. The van der Waals surface area contributed by atoms with E-state index in [1.54, 1.807) is 17.7 Å². The molecule has 0 bridgehead atoms. The van der Waals surface area contributed by atoms with Crippen LogP contribution in [0.4, 0.5) is 0 Å². The summed E-state index contributed by atoms with van der Waals surface area (Å²) < 4.78 is 12.3. The average Bonchev–Trinajstić information content (AvgIpc) is 2.63. The quantitative estimate of drug-likeness (QED) is 0.368. The number of thioether (sulfide) groups is 1. The van der Waals surface area contributed by atoms with Gasteiger partial charge in [-0.2, -0.15) is 0 Å². The fourth-order valence-electron chi connectivity index (χ4n) is 2.51. The Morgan fingerprint density at radius 1 is 1.12 bits per heavy atom. The molecule has 1 heterocycles. The van der Waals surface area contributed by atoms with Crippen molar-refractivity contribution in [3.63, 3.8) is 0 Å². The molecule has 0 aliphatic heterocycles. The number of rotatable bonds is 7. The van der Waals surface area contributed by atoms with Gasteiger partial charge in [0.15, 0.2) is 5.16 Å². The standard InChI is InChI=1S/C19H20N2O3S/c1-3-24-15-10-8-14(9-11-15)21-18(22)16-6-4-5-7-17(16)20-19(21)25-13-12-23-2/h4-11H,3,12-13H2,1-2H3. The highest BCUT2D eigenvalue weighted by molar-refractivity contribution is 7.99. The summed E-state index contributed by atoms with van der Waals surface area (Å²) in [5, 5.41) is 1.26. The number of ether oxygens (including phenoxy) is 2. The zero-order valence-corrected chi connectivity index (χ0v) is 15.1. The number of nitrogens with zero attached hydrogens (tertiary/aromatic N) is 2. The molecule has 0 aliphatic rings. The van der Waals surface area contributed by atoms with Crippen LogP contribution in [-0.2, 0) is 4.74 Å². The fourth-order valence-corrected chi connectivity index (χ4v) is 3.42. The van der Waals surface area contributed by atoms with Crippen LogP contribution in [0.2, 0.25) is 0 Å². The predicted octanol–water partition coefficient (Wildman–Crippen LogP) is 3.52. The van der Waals surface area contributed by atoms with E-state index >= 15 is 0 Å². The number of hydrogen-bond donors (Lipinski definition) is 0. The monoisotopic (exact) mass is 356 g/mol. The number of fused-ring (bicyclic) bond motifs is 1. The lowest BCUT2D eigenvalue weighted by atomic mass is 10.2. The van der Waals surface area contributed by atoms with Crippen LogP contribution in [0, 0.1) is 0 Å². The summed E-state index contributed by atoms with van der Waals surface area (Å²) >= 11 is 1.51. The second-order valence-corrected chi connectivity index (χ2v) is 6.38. The largest absolute Gasteiger partial charge is 0.494 e. The van der Waals surface area contributed by atoms with E-state index in [4.69, 9.17) is 9.47 Å². The summed E-state index contributed by atoms with van der Waals surface area (Å²) in [7, 11) is 1.66. The van der Waals surface area contributed by atoms with E-state index in [0.29, 0.717) is 29.3 Å². The molecule has 0 unspecified atom stereocenters. The van der Waals surface area contributed by atoms with Crippen LogP contribution >= 0.6 is 11.8 Å². The molecule has 0 fully saturated rings. The van der Waals surface area contributed by atoms with E-state index in [-0.39, 0.29) is 5.56 Å². The first kappa shape index (κ1) is 17.5. The minimum atomic E-state index is -0.0744. The SMILES string of the molecule is CCOc1ccc(-n2c(SCCOC)nc3ccccc3c2=O)cc1. The van der Waals surface area contributed by atoms with Gasteiger partial charge in [0, 0.05) is 12.9 Å². The van der Waals surface area contributed by atoms with Gasteiger partial charge in [-0.05, 0) is 43.3 Å². The zero-order chi connectivity index (χ0) is 17.6. The molecule has 25 heavy (non-hydrogen) atoms. The van der Waals surface area contributed by atoms with Crippen LogP contribution in [-0.4, -0.2) is 35.6 Å². The summed E-state index contributed by atoms with van der Waals surface area (Å²) in [5.74, 6) is 1.50. The maximum absolute atomic E-state index is 13.0. The lowest BCUT2D eigenvalue weighted by Crippen LogP contribution is -2.22. The molecular weight excluding hydrogens is 336 g/mol. The normalized spacial score (nSPS) is 11.0. The van der Waals surface area contributed by atoms with Gasteiger partial charge in [-0.15, -0.1) is 0 Å². The molecular formula is C19H20N2O3S. The Labute approximate surface area is 150 Å². The van der Waals surface area contributed by atoms with Crippen LogP contribution in [0.25, 0.3) is 16.6 Å². The number of para-hydroxylation sites is 1. The van der Waals surface area contributed by atoms with Crippen LogP contribution in [0.15, 0.2) is 58.5 Å². The third-order valence-corrected chi connectivity index (χ3v) is 4.57. The van der Waals surface area contributed by atoms with Crippen molar-refractivity contribution in [3.05, 3.63) is 58.9 Å². The van der Waals surface area contributed by atoms with Crippen molar-refractivity contribution in [2.45, 2.75) is 12.1 Å². The molecule has 130 valence electrons. The molecule has 0 amide bonds. The van der Waals surface area contributed by atoms with Crippen LogP contribution in [0.1, 0.15) is 6.92 Å². The Kier molecular flexibility index (Phi) is 5.73. The molecule has 0 saturated carbocycles. The van der Waals surface area contributed by atoms with Crippen LogP contribution < -0.4 is 10.3 Å². The molecule has 0 radical (unpaired) electrons. The Bertz CT molecular complexity index is 907. The van der Waals surface area contributed by atoms with Crippen molar-refractivity contribution in [2.24, 2.45) is 0 Å². The Balaban J connectivity index is 2.11. The van der Waals surface area contributed by atoms with E-state index in [0.717, 1.165) is 17.2 Å². The topological polar surface area (TPSA) is 53.4 Å². The molecule has 0 saturated heterocycles. The summed E-state index contributed by atoms with van der Waals surface area (Å²) in [4.78, 5) is 17.7. The van der Waals surface area contributed by atoms with E-state index < -0.39 is 0 Å². The summed E-state index contributed by atoms with van der Waals surface area (Å²) in [6.45, 7) is 3.14. The maximum atomic E-state index is 13.0. The lowest BCUT2D eigenvalue weighted by molar-refractivity contribution is 0.218. The maximum Gasteiger partial charge on any atom is 0.266 e. The average molecular weight is 356 g/mol. The number of aromatic nitrogens is 2. The Hall–Kier alpha value is -2.31. The molecule has 3 aromatic rings. The molecule has 2 aromatic carbocycles. The summed E-state index contributed by atoms with van der Waals surface area (Å²) in [5.41, 5.74) is 1.40. The third kappa shape index (κ3) is 3.86. The highest BCUT2D eigenvalue weighted by atomic mass is 32.2. The first-order valence-electron chi connectivity index (χ1n) is 8.11. The Morgan fingerprint density at radius 3 is 2.60 bits per heavy atom. The van der Waals surface area contributed by atoms with Crippen molar-refractivity contribution < 1.29 is 9.47 Å². The second kappa shape index (κ2) is 8.18. The third-order valence-electron chi connectivity index (χ3n) is 3.67. The zero-order valence-electron chi connectivity index (χ0n) is 14.3. The van der Waals surface area contributed by atoms with Crippen LogP contribution in [0.5, 0.6) is 5.75 Å². The predicted molar refractivity (Wildman–Crippen MR) is 101 cm³/mol. The summed E-state index contributed by atoms with van der Waals surface area (Å²) in [6.07, 6.45) is 0. The smallest absolute Gasteiger partial charge is 0.266 e. The molecule has 1 aromatic heterocycles. The van der Waals surface area contributed by atoms with E-state index in [2.05, 4.69) is 4.98 Å². The van der Waals surface area contributed by atoms with Gasteiger partial charge in [-0.1, -0.05) is 23.9 Å². The van der Waals surface area contributed by atoms with Gasteiger partial charge >= 0.3 is 0 Å². The minimum Gasteiger partial charge on any atom is -0.494 e. The van der Waals surface area contributed by atoms with Gasteiger partial charge in [-0.25, -0.2) is 4.98 Å². The highest BCUT2D eigenvalue weighted by Gasteiger charge is 2.13. The van der Waals surface area contributed by atoms with Crippen molar-refractivity contribution in [2.75, 3.05) is 26.1 Å². The second-order valence-electron chi connectivity index (χ2n) is 5.32. The van der Waals surface area contributed by atoms with Gasteiger partial charge in [0.25, 0.3) is 5.56 Å². The van der Waals surface area contributed by atoms with Crippen molar-refractivity contribution in [3.8, 4) is 11.4 Å². The number of hydrogen-bond acceptors (Lipinski definition) is 5.